The fourth-order valence-corrected chi connectivity index (χ4v) is 5.60. The summed E-state index contributed by atoms with van der Waals surface area (Å²) in [4.78, 5) is 1.45. The Hall–Kier alpha value is -1.21. The van der Waals surface area contributed by atoms with Gasteiger partial charge in [0.15, 0.2) is 0 Å². The van der Waals surface area contributed by atoms with Gasteiger partial charge in [-0.1, -0.05) is 29.8 Å². The van der Waals surface area contributed by atoms with Gasteiger partial charge >= 0.3 is 0 Å². The largest absolute Gasteiger partial charge is 0.329 e. The molecular weight excluding hydrogens is 328 g/mol. The van der Waals surface area contributed by atoms with Crippen LogP contribution in [0, 0.1) is 13.8 Å². The molecule has 1 aliphatic heterocycles. The van der Waals surface area contributed by atoms with Crippen molar-refractivity contribution in [2.45, 2.75) is 24.6 Å². The van der Waals surface area contributed by atoms with E-state index in [2.05, 4.69) is 32.0 Å². The van der Waals surface area contributed by atoms with E-state index >= 15 is 0 Å². The normalized spacial score (nSPS) is 17.5. The van der Waals surface area contributed by atoms with E-state index in [1.807, 2.05) is 5.38 Å². The van der Waals surface area contributed by atoms with Crippen molar-refractivity contribution in [3.63, 3.8) is 0 Å². The number of aryl methyl sites for hydroxylation is 2. The van der Waals surface area contributed by atoms with E-state index in [9.17, 15) is 8.42 Å². The minimum Gasteiger partial charge on any atom is -0.329 e. The molecule has 1 N–H and O–H groups in total. The minimum atomic E-state index is -3.29. The quantitative estimate of drug-likeness (QED) is 0.906. The fraction of sp³-hybridized carbons (Fsp3) is 0.412. The van der Waals surface area contributed by atoms with Crippen LogP contribution in [-0.2, 0) is 16.6 Å². The third-order valence-corrected chi connectivity index (χ3v) is 7.74. The molecule has 0 unspecified atom stereocenters. The second-order valence-corrected chi connectivity index (χ2v) is 9.31. The molecule has 1 aromatic heterocycles. The Morgan fingerprint density at radius 2 is 1.91 bits per heavy atom. The number of thiophene rings is 1. The molecule has 1 aromatic carbocycles. The van der Waals surface area contributed by atoms with Crippen LogP contribution in [0.15, 0.2) is 39.9 Å². The van der Waals surface area contributed by atoms with E-state index in [0.29, 0.717) is 17.3 Å². The molecule has 4 nitrogen and oxygen atoms in total. The SMILES string of the molecule is Cc1ccc(C)c(C[NH+]2CCN(S(=O)(=O)c3cccs3)CC2)c1. The standard InChI is InChI=1S/C17H22N2O2S2/c1-14-5-6-15(2)16(12-14)13-18-7-9-19(10-8-18)23(20,21)17-4-3-11-22-17/h3-6,11-12H,7-10,13H2,1-2H3/p+1. The van der Waals surface area contributed by atoms with Gasteiger partial charge in [0.05, 0.1) is 26.2 Å². The number of benzene rings is 1. The topological polar surface area (TPSA) is 41.8 Å². The van der Waals surface area contributed by atoms with Crippen LogP contribution in [0.2, 0.25) is 0 Å². The number of nitrogens with one attached hydrogen (secondary N) is 1. The third kappa shape index (κ3) is 3.66. The van der Waals surface area contributed by atoms with Crippen molar-refractivity contribution in [2.24, 2.45) is 0 Å². The summed E-state index contributed by atoms with van der Waals surface area (Å²) in [6.45, 7) is 8.15. The maximum atomic E-state index is 12.5. The summed E-state index contributed by atoms with van der Waals surface area (Å²) in [5.74, 6) is 0. The second-order valence-electron chi connectivity index (χ2n) is 6.19. The van der Waals surface area contributed by atoms with Gasteiger partial charge in [-0.3, -0.25) is 0 Å². The Bertz CT molecular complexity index is 762. The van der Waals surface area contributed by atoms with Gasteiger partial charge in [-0.2, -0.15) is 4.31 Å². The molecule has 1 aliphatic rings. The Kier molecular flexibility index (Phi) is 4.87. The Labute approximate surface area is 142 Å². The lowest BCUT2D eigenvalue weighted by Gasteiger charge is -2.31. The molecule has 0 bridgehead atoms. The minimum absolute atomic E-state index is 0.454. The second kappa shape index (κ2) is 6.73. The van der Waals surface area contributed by atoms with Crippen LogP contribution in [0.1, 0.15) is 16.7 Å². The highest BCUT2D eigenvalue weighted by Crippen LogP contribution is 2.20. The molecule has 0 radical (unpaired) electrons. The number of nitrogens with zero attached hydrogens (tertiary/aromatic N) is 1. The first-order chi connectivity index (χ1) is 11.0. The van der Waals surface area contributed by atoms with Crippen LogP contribution >= 0.6 is 11.3 Å². The molecule has 0 atom stereocenters. The van der Waals surface area contributed by atoms with Crippen molar-refractivity contribution in [1.82, 2.24) is 4.31 Å². The molecule has 1 saturated heterocycles. The van der Waals surface area contributed by atoms with Crippen molar-refractivity contribution < 1.29 is 13.3 Å². The van der Waals surface area contributed by atoms with Crippen LogP contribution in [0.4, 0.5) is 0 Å². The van der Waals surface area contributed by atoms with Gasteiger partial charge in [-0.25, -0.2) is 8.42 Å². The average Bonchev–Trinajstić information content (AvgIpc) is 3.07. The predicted molar refractivity (Wildman–Crippen MR) is 93.4 cm³/mol. The fourth-order valence-electron chi connectivity index (χ4n) is 3.02. The summed E-state index contributed by atoms with van der Waals surface area (Å²) in [7, 11) is -3.29. The van der Waals surface area contributed by atoms with Gasteiger partial charge in [-0.15, -0.1) is 11.3 Å². The smallest absolute Gasteiger partial charge is 0.252 e. The monoisotopic (exact) mass is 351 g/mol. The highest BCUT2D eigenvalue weighted by Gasteiger charge is 2.31. The number of rotatable bonds is 4. The van der Waals surface area contributed by atoms with E-state index in [-0.39, 0.29) is 0 Å². The highest BCUT2D eigenvalue weighted by molar-refractivity contribution is 7.91. The summed E-state index contributed by atoms with van der Waals surface area (Å²) >= 11 is 1.29. The molecule has 0 aliphatic carbocycles. The van der Waals surface area contributed by atoms with E-state index in [1.165, 1.54) is 32.9 Å². The summed E-state index contributed by atoms with van der Waals surface area (Å²) in [6, 6.07) is 10.0. The lowest BCUT2D eigenvalue weighted by molar-refractivity contribution is -0.917. The van der Waals surface area contributed by atoms with Crippen molar-refractivity contribution in [2.75, 3.05) is 26.2 Å². The number of hydrogen-bond acceptors (Lipinski definition) is 3. The lowest BCUT2D eigenvalue weighted by Crippen LogP contribution is -3.13. The summed E-state index contributed by atoms with van der Waals surface area (Å²) < 4.78 is 27.2. The first-order valence-electron chi connectivity index (χ1n) is 7.90. The van der Waals surface area contributed by atoms with Gasteiger partial charge < -0.3 is 4.90 Å². The first kappa shape index (κ1) is 16.6. The van der Waals surface area contributed by atoms with E-state index in [0.717, 1.165) is 19.6 Å². The third-order valence-electron chi connectivity index (χ3n) is 4.46. The van der Waals surface area contributed by atoms with Gasteiger partial charge in [0.25, 0.3) is 10.0 Å². The maximum Gasteiger partial charge on any atom is 0.252 e. The number of quaternary nitrogens is 1. The first-order valence-corrected chi connectivity index (χ1v) is 10.2. The molecule has 3 rings (SSSR count). The number of piperazine rings is 1. The molecule has 23 heavy (non-hydrogen) atoms. The molecule has 6 heteroatoms. The van der Waals surface area contributed by atoms with Crippen LogP contribution in [0.3, 0.4) is 0 Å². The Morgan fingerprint density at radius 3 is 2.57 bits per heavy atom. The van der Waals surface area contributed by atoms with Gasteiger partial charge in [0.1, 0.15) is 10.8 Å². The van der Waals surface area contributed by atoms with E-state index in [1.54, 1.807) is 16.4 Å². The summed E-state index contributed by atoms with van der Waals surface area (Å²) in [6.07, 6.45) is 0. The lowest BCUT2D eigenvalue weighted by atomic mass is 10.1. The van der Waals surface area contributed by atoms with Crippen molar-refractivity contribution in [1.29, 1.82) is 0 Å². The van der Waals surface area contributed by atoms with Crippen molar-refractivity contribution in [3.05, 3.63) is 52.4 Å². The summed E-state index contributed by atoms with van der Waals surface area (Å²) in [5, 5.41) is 1.81. The van der Waals surface area contributed by atoms with E-state index < -0.39 is 10.0 Å². The Balaban J connectivity index is 1.64. The van der Waals surface area contributed by atoms with Gasteiger partial charge in [-0.05, 0) is 30.9 Å². The molecule has 2 heterocycles. The van der Waals surface area contributed by atoms with Gasteiger partial charge in [0, 0.05) is 5.56 Å². The highest BCUT2D eigenvalue weighted by atomic mass is 32.2. The van der Waals surface area contributed by atoms with Crippen LogP contribution < -0.4 is 4.90 Å². The Morgan fingerprint density at radius 1 is 1.17 bits per heavy atom. The molecule has 124 valence electrons. The average molecular weight is 352 g/mol. The number of sulfonamides is 1. The van der Waals surface area contributed by atoms with Gasteiger partial charge in [0.2, 0.25) is 0 Å². The molecule has 0 saturated carbocycles. The van der Waals surface area contributed by atoms with Crippen molar-refractivity contribution in [3.8, 4) is 0 Å². The zero-order chi connectivity index (χ0) is 16.4. The van der Waals surface area contributed by atoms with Crippen LogP contribution in [0.5, 0.6) is 0 Å². The molecule has 2 aromatic rings. The molecule has 0 amide bonds. The molecule has 1 fully saturated rings. The molecular formula is C17H23N2O2S2+. The van der Waals surface area contributed by atoms with E-state index in [4.69, 9.17) is 0 Å². The predicted octanol–water partition coefficient (Wildman–Crippen LogP) is 1.45. The zero-order valence-corrected chi connectivity index (χ0v) is 15.2. The van der Waals surface area contributed by atoms with Crippen LogP contribution in [-0.4, -0.2) is 38.9 Å². The zero-order valence-electron chi connectivity index (χ0n) is 13.6. The maximum absolute atomic E-state index is 12.5. The summed E-state index contributed by atoms with van der Waals surface area (Å²) in [5.41, 5.74) is 3.97. The molecule has 0 spiro atoms. The van der Waals surface area contributed by atoms with Crippen LogP contribution in [0.25, 0.3) is 0 Å². The number of hydrogen-bond donors (Lipinski definition) is 1. The van der Waals surface area contributed by atoms with Crippen molar-refractivity contribution >= 4 is 21.4 Å².